The Labute approximate surface area is 224 Å². The van der Waals surface area contributed by atoms with Gasteiger partial charge in [0, 0.05) is 29.2 Å². The SMILES string of the molecule is Cc1cnc(C)c(-c2ccc(NC(=O)[C@@H](NC(=O)c3ccnn3C(C)C(F)F)C(C3CC3)C3CC3)nc2F)c1. The van der Waals surface area contributed by atoms with Crippen LogP contribution in [0.2, 0.25) is 0 Å². The first-order valence-electron chi connectivity index (χ1n) is 13.2. The van der Waals surface area contributed by atoms with Crippen molar-refractivity contribution in [1.82, 2.24) is 25.1 Å². The van der Waals surface area contributed by atoms with Crippen LogP contribution in [0.25, 0.3) is 11.1 Å². The van der Waals surface area contributed by atoms with Gasteiger partial charge >= 0.3 is 0 Å². The summed E-state index contributed by atoms with van der Waals surface area (Å²) >= 11 is 0. The van der Waals surface area contributed by atoms with Crippen molar-refractivity contribution in [3.05, 3.63) is 59.6 Å². The van der Waals surface area contributed by atoms with E-state index < -0.39 is 36.3 Å². The standard InChI is InChI=1S/C28H31F3N6O2/c1-14-12-20(15(2)32-13-14)19-8-9-22(34-26(19)31)35-28(39)24(23(17-4-5-17)18-6-7-18)36-27(38)21-10-11-33-37(21)16(3)25(29)30/h8-13,16-18,23-25H,4-7H2,1-3H3,(H,36,38)(H,34,35,39)/t16?,24-/m0/s1. The molecule has 2 atom stereocenters. The van der Waals surface area contributed by atoms with E-state index in [2.05, 4.69) is 25.7 Å². The lowest BCUT2D eigenvalue weighted by atomic mass is 9.88. The highest BCUT2D eigenvalue weighted by Crippen LogP contribution is 2.51. The van der Waals surface area contributed by atoms with E-state index in [1.165, 1.54) is 25.3 Å². The number of nitrogens with zero attached hydrogens (tertiary/aromatic N) is 4. The van der Waals surface area contributed by atoms with Gasteiger partial charge in [-0.2, -0.15) is 9.49 Å². The first-order valence-corrected chi connectivity index (χ1v) is 13.2. The topological polar surface area (TPSA) is 102 Å². The maximum Gasteiger partial charge on any atom is 0.270 e. The smallest absolute Gasteiger partial charge is 0.270 e. The van der Waals surface area contributed by atoms with Crippen molar-refractivity contribution in [1.29, 1.82) is 0 Å². The molecule has 11 heteroatoms. The molecule has 0 spiro atoms. The summed E-state index contributed by atoms with van der Waals surface area (Å²) in [4.78, 5) is 35.1. The molecule has 8 nitrogen and oxygen atoms in total. The third kappa shape index (κ3) is 5.81. The molecule has 3 aromatic heterocycles. The Morgan fingerprint density at radius 1 is 1.05 bits per heavy atom. The first kappa shape index (κ1) is 26.8. The summed E-state index contributed by atoms with van der Waals surface area (Å²) in [6, 6.07) is 3.98. The minimum Gasteiger partial charge on any atom is -0.339 e. The van der Waals surface area contributed by atoms with Crippen LogP contribution in [0, 0.1) is 37.5 Å². The molecule has 2 fully saturated rings. The molecule has 0 saturated heterocycles. The number of halogens is 3. The van der Waals surface area contributed by atoms with E-state index in [1.54, 1.807) is 19.2 Å². The summed E-state index contributed by atoms with van der Waals surface area (Å²) in [6.45, 7) is 4.91. The van der Waals surface area contributed by atoms with Crippen LogP contribution in [-0.2, 0) is 4.79 Å². The molecule has 5 rings (SSSR count). The van der Waals surface area contributed by atoms with Crippen LogP contribution in [0.5, 0.6) is 0 Å². The van der Waals surface area contributed by atoms with Crippen molar-refractivity contribution in [2.45, 2.75) is 65.0 Å². The Hall–Kier alpha value is -3.76. The number of alkyl halides is 2. The van der Waals surface area contributed by atoms with E-state index >= 15 is 4.39 Å². The van der Waals surface area contributed by atoms with Gasteiger partial charge in [-0.15, -0.1) is 0 Å². The van der Waals surface area contributed by atoms with E-state index in [1.807, 2.05) is 13.0 Å². The van der Waals surface area contributed by atoms with Crippen LogP contribution in [-0.4, -0.2) is 44.0 Å². The van der Waals surface area contributed by atoms with Gasteiger partial charge in [-0.1, -0.05) is 0 Å². The second-order valence-electron chi connectivity index (χ2n) is 10.6. The molecule has 2 saturated carbocycles. The molecular formula is C28H31F3N6O2. The quantitative estimate of drug-likeness (QED) is 0.349. The molecule has 39 heavy (non-hydrogen) atoms. The summed E-state index contributed by atoms with van der Waals surface area (Å²) < 4.78 is 42.7. The summed E-state index contributed by atoms with van der Waals surface area (Å²) in [6.07, 6.45) is 4.06. The minimum absolute atomic E-state index is 0.0143. The van der Waals surface area contributed by atoms with Gasteiger partial charge in [0.05, 0.1) is 0 Å². The van der Waals surface area contributed by atoms with Gasteiger partial charge < -0.3 is 10.6 Å². The molecule has 1 unspecified atom stereocenters. The number of carbonyl (C=O) groups is 2. The van der Waals surface area contributed by atoms with Gasteiger partial charge in [-0.05, 0) is 94.0 Å². The van der Waals surface area contributed by atoms with E-state index in [4.69, 9.17) is 0 Å². The van der Waals surface area contributed by atoms with Crippen LogP contribution >= 0.6 is 0 Å². The molecule has 2 aliphatic rings. The van der Waals surface area contributed by atoms with Crippen molar-refractivity contribution in [2.24, 2.45) is 17.8 Å². The highest BCUT2D eigenvalue weighted by molar-refractivity contribution is 6.00. The number of anilines is 1. The van der Waals surface area contributed by atoms with Crippen molar-refractivity contribution < 1.29 is 22.8 Å². The van der Waals surface area contributed by atoms with E-state index in [0.717, 1.165) is 35.9 Å². The van der Waals surface area contributed by atoms with Crippen LogP contribution in [0.3, 0.4) is 0 Å². The number of hydrogen-bond donors (Lipinski definition) is 2. The zero-order valence-electron chi connectivity index (χ0n) is 22.0. The highest BCUT2D eigenvalue weighted by atomic mass is 19.3. The molecule has 0 radical (unpaired) electrons. The largest absolute Gasteiger partial charge is 0.339 e. The average molecular weight is 541 g/mol. The molecule has 3 aromatic rings. The predicted molar refractivity (Wildman–Crippen MR) is 139 cm³/mol. The van der Waals surface area contributed by atoms with Gasteiger partial charge in [0.25, 0.3) is 12.3 Å². The second kappa shape index (κ2) is 10.8. The minimum atomic E-state index is -2.72. The Balaban J connectivity index is 1.39. The van der Waals surface area contributed by atoms with E-state index in [9.17, 15) is 18.4 Å². The van der Waals surface area contributed by atoms with Crippen molar-refractivity contribution in [3.63, 3.8) is 0 Å². The third-order valence-corrected chi connectivity index (χ3v) is 7.55. The van der Waals surface area contributed by atoms with Crippen molar-refractivity contribution >= 4 is 17.6 Å². The van der Waals surface area contributed by atoms with Crippen molar-refractivity contribution in [3.8, 4) is 11.1 Å². The molecular weight excluding hydrogens is 509 g/mol. The predicted octanol–water partition coefficient (Wildman–Crippen LogP) is 5.10. The number of rotatable bonds is 10. The second-order valence-corrected chi connectivity index (χ2v) is 10.6. The van der Waals surface area contributed by atoms with E-state index in [-0.39, 0.29) is 34.8 Å². The zero-order chi connectivity index (χ0) is 27.8. The van der Waals surface area contributed by atoms with Gasteiger partial charge in [0.15, 0.2) is 0 Å². The molecule has 0 aliphatic heterocycles. The molecule has 3 heterocycles. The average Bonchev–Trinajstić information content (AvgIpc) is 3.84. The Kier molecular flexibility index (Phi) is 7.42. The number of amides is 2. The number of nitrogens with one attached hydrogen (secondary N) is 2. The number of pyridine rings is 2. The first-order chi connectivity index (χ1) is 18.6. The van der Waals surface area contributed by atoms with Crippen molar-refractivity contribution in [2.75, 3.05) is 5.32 Å². The molecule has 206 valence electrons. The van der Waals surface area contributed by atoms with E-state index in [0.29, 0.717) is 11.3 Å². The maximum atomic E-state index is 15.1. The number of aromatic nitrogens is 4. The fourth-order valence-corrected chi connectivity index (χ4v) is 5.19. The summed E-state index contributed by atoms with van der Waals surface area (Å²) in [5.74, 6) is -1.47. The Morgan fingerprint density at radius 2 is 1.74 bits per heavy atom. The van der Waals surface area contributed by atoms with Crippen LogP contribution < -0.4 is 10.6 Å². The maximum absolute atomic E-state index is 15.1. The zero-order valence-corrected chi connectivity index (χ0v) is 22.0. The molecule has 2 N–H and O–H groups in total. The number of hydrogen-bond acceptors (Lipinski definition) is 5. The number of aryl methyl sites for hydroxylation is 2. The van der Waals surface area contributed by atoms with Crippen LogP contribution in [0.4, 0.5) is 19.0 Å². The molecule has 2 amide bonds. The Morgan fingerprint density at radius 3 is 2.36 bits per heavy atom. The van der Waals surface area contributed by atoms with Gasteiger partial charge in [-0.25, -0.2) is 13.8 Å². The summed E-state index contributed by atoms with van der Waals surface area (Å²) in [5.41, 5.74) is 2.35. The fraction of sp³-hybridized carbons (Fsp3) is 0.464. The number of carbonyl (C=O) groups excluding carboxylic acids is 2. The van der Waals surface area contributed by atoms with Crippen LogP contribution in [0.15, 0.2) is 36.7 Å². The normalized spacial score (nSPS) is 16.8. The summed E-state index contributed by atoms with van der Waals surface area (Å²) in [7, 11) is 0. The van der Waals surface area contributed by atoms with Gasteiger partial charge in [-0.3, -0.25) is 19.3 Å². The highest BCUT2D eigenvalue weighted by Gasteiger charge is 2.48. The fourth-order valence-electron chi connectivity index (χ4n) is 5.19. The lowest BCUT2D eigenvalue weighted by molar-refractivity contribution is -0.119. The molecule has 0 bridgehead atoms. The van der Waals surface area contributed by atoms with Gasteiger partial charge in [0.2, 0.25) is 11.9 Å². The Bertz CT molecular complexity index is 1370. The lowest BCUT2D eigenvalue weighted by Crippen LogP contribution is -2.50. The molecule has 0 aromatic carbocycles. The summed E-state index contributed by atoms with van der Waals surface area (Å²) in [5, 5.41) is 9.36. The van der Waals surface area contributed by atoms with Gasteiger partial charge in [0.1, 0.15) is 23.6 Å². The monoisotopic (exact) mass is 540 g/mol. The third-order valence-electron chi connectivity index (χ3n) is 7.55. The lowest BCUT2D eigenvalue weighted by Gasteiger charge is -2.27. The molecule has 2 aliphatic carbocycles. The van der Waals surface area contributed by atoms with Crippen LogP contribution in [0.1, 0.15) is 60.4 Å².